The molecule has 0 saturated carbocycles. The van der Waals surface area contributed by atoms with E-state index in [1.54, 1.807) is 55.5 Å². The lowest BCUT2D eigenvalue weighted by Crippen LogP contribution is -2.41. The van der Waals surface area contributed by atoms with Crippen LogP contribution in [0.3, 0.4) is 0 Å². The summed E-state index contributed by atoms with van der Waals surface area (Å²) in [5.74, 6) is 0.898. The molecule has 0 unspecified atom stereocenters. The van der Waals surface area contributed by atoms with Crippen LogP contribution >= 0.6 is 0 Å². The lowest BCUT2D eigenvalue weighted by atomic mass is 10.1. The highest BCUT2D eigenvalue weighted by Crippen LogP contribution is 2.38. The molecule has 34 heavy (non-hydrogen) atoms. The summed E-state index contributed by atoms with van der Waals surface area (Å²) in [5, 5.41) is 2.79. The molecule has 1 amide bonds. The Balaban J connectivity index is 1.86. The molecule has 0 radical (unpaired) electrons. The third-order valence-corrected chi connectivity index (χ3v) is 6.99. The highest BCUT2D eigenvalue weighted by atomic mass is 32.2. The van der Waals surface area contributed by atoms with Crippen molar-refractivity contribution in [2.24, 2.45) is 0 Å². The monoisotopic (exact) mass is 484 g/mol. The van der Waals surface area contributed by atoms with Crippen molar-refractivity contribution in [2.45, 2.75) is 18.4 Å². The van der Waals surface area contributed by atoms with Crippen LogP contribution in [0.15, 0.2) is 71.6 Å². The van der Waals surface area contributed by atoms with Crippen LogP contribution in [0.25, 0.3) is 0 Å². The van der Waals surface area contributed by atoms with E-state index in [2.05, 4.69) is 5.32 Å². The van der Waals surface area contributed by atoms with E-state index in [1.807, 2.05) is 6.07 Å². The first kappa shape index (κ1) is 24.9. The summed E-state index contributed by atoms with van der Waals surface area (Å²) in [6.07, 6.45) is 0. The number of methoxy groups -OCH3 is 3. The molecule has 0 aliphatic heterocycles. The van der Waals surface area contributed by atoms with E-state index in [-0.39, 0.29) is 18.0 Å². The normalized spacial score (nSPS) is 10.9. The molecule has 8 nitrogen and oxygen atoms in total. The van der Waals surface area contributed by atoms with Crippen molar-refractivity contribution < 1.29 is 27.4 Å². The molecule has 0 aromatic heterocycles. The van der Waals surface area contributed by atoms with Crippen molar-refractivity contribution in [3.05, 3.63) is 77.9 Å². The third-order valence-electron chi connectivity index (χ3n) is 5.22. The zero-order valence-electron chi connectivity index (χ0n) is 19.6. The van der Waals surface area contributed by atoms with E-state index in [1.165, 1.54) is 33.5 Å². The van der Waals surface area contributed by atoms with E-state index >= 15 is 0 Å². The largest absolute Gasteiger partial charge is 0.493 e. The van der Waals surface area contributed by atoms with Crippen molar-refractivity contribution in [1.29, 1.82) is 0 Å². The predicted molar refractivity (Wildman–Crippen MR) is 130 cm³/mol. The van der Waals surface area contributed by atoms with E-state index in [9.17, 15) is 13.2 Å². The van der Waals surface area contributed by atoms with Gasteiger partial charge < -0.3 is 19.5 Å². The second-order valence-corrected chi connectivity index (χ2v) is 9.28. The minimum absolute atomic E-state index is 0.107. The van der Waals surface area contributed by atoms with Gasteiger partial charge in [-0.25, -0.2) is 8.42 Å². The van der Waals surface area contributed by atoms with Crippen LogP contribution < -0.4 is 23.8 Å². The molecule has 0 heterocycles. The molecule has 3 rings (SSSR count). The number of amides is 1. The van der Waals surface area contributed by atoms with Crippen LogP contribution in [0.5, 0.6) is 17.2 Å². The molecule has 0 atom stereocenters. The molecule has 3 aromatic rings. The van der Waals surface area contributed by atoms with Gasteiger partial charge in [0.05, 0.1) is 31.9 Å². The van der Waals surface area contributed by atoms with E-state index in [0.29, 0.717) is 28.5 Å². The SMILES string of the molecule is COc1cc(CNC(=O)CN(c2ccccc2C)S(=O)(=O)c2ccccc2)cc(OC)c1OC. The highest BCUT2D eigenvalue weighted by Gasteiger charge is 2.28. The van der Waals surface area contributed by atoms with Gasteiger partial charge in [0.25, 0.3) is 10.0 Å². The maximum absolute atomic E-state index is 13.4. The smallest absolute Gasteiger partial charge is 0.264 e. The highest BCUT2D eigenvalue weighted by molar-refractivity contribution is 7.92. The van der Waals surface area contributed by atoms with Crippen molar-refractivity contribution in [2.75, 3.05) is 32.2 Å². The molecule has 0 fully saturated rings. The minimum Gasteiger partial charge on any atom is -0.493 e. The lowest BCUT2D eigenvalue weighted by molar-refractivity contribution is -0.119. The quantitative estimate of drug-likeness (QED) is 0.473. The number of aryl methyl sites for hydroxylation is 1. The molecular weight excluding hydrogens is 456 g/mol. The van der Waals surface area contributed by atoms with Crippen LogP contribution in [0.4, 0.5) is 5.69 Å². The number of carbonyl (C=O) groups is 1. The first-order valence-corrected chi connectivity index (χ1v) is 11.9. The molecule has 0 aliphatic rings. The van der Waals surface area contributed by atoms with Crippen molar-refractivity contribution in [1.82, 2.24) is 5.32 Å². The van der Waals surface area contributed by atoms with Gasteiger partial charge >= 0.3 is 0 Å². The molecule has 180 valence electrons. The Morgan fingerprint density at radius 2 is 1.47 bits per heavy atom. The number of nitrogens with zero attached hydrogens (tertiary/aromatic N) is 1. The fraction of sp³-hybridized carbons (Fsp3) is 0.240. The zero-order chi connectivity index (χ0) is 24.7. The molecule has 0 spiro atoms. The summed E-state index contributed by atoms with van der Waals surface area (Å²) in [6, 6.07) is 18.5. The summed E-state index contributed by atoms with van der Waals surface area (Å²) in [7, 11) is 0.556. The van der Waals surface area contributed by atoms with Gasteiger partial charge in [0.2, 0.25) is 11.7 Å². The molecular formula is C25H28N2O6S. The number of hydrogen-bond acceptors (Lipinski definition) is 6. The van der Waals surface area contributed by atoms with Gasteiger partial charge in [-0.3, -0.25) is 9.10 Å². The number of anilines is 1. The average Bonchev–Trinajstić information content (AvgIpc) is 2.86. The summed E-state index contributed by atoms with van der Waals surface area (Å²) >= 11 is 0. The van der Waals surface area contributed by atoms with Crippen LogP contribution in [-0.2, 0) is 21.4 Å². The van der Waals surface area contributed by atoms with Crippen molar-refractivity contribution in [3.8, 4) is 17.2 Å². The number of rotatable bonds is 10. The molecule has 1 N–H and O–H groups in total. The Labute approximate surface area is 200 Å². The van der Waals surface area contributed by atoms with Crippen LogP contribution in [0.2, 0.25) is 0 Å². The van der Waals surface area contributed by atoms with Crippen LogP contribution in [0.1, 0.15) is 11.1 Å². The second-order valence-electron chi connectivity index (χ2n) is 7.42. The van der Waals surface area contributed by atoms with E-state index in [0.717, 1.165) is 9.87 Å². The van der Waals surface area contributed by atoms with Gasteiger partial charge in [-0.15, -0.1) is 0 Å². The fourth-order valence-electron chi connectivity index (χ4n) is 3.49. The van der Waals surface area contributed by atoms with Gasteiger partial charge in [0.15, 0.2) is 11.5 Å². The first-order chi connectivity index (χ1) is 16.3. The Hall–Kier alpha value is -3.72. The average molecular weight is 485 g/mol. The van der Waals surface area contributed by atoms with Gasteiger partial charge in [0, 0.05) is 6.54 Å². The maximum atomic E-state index is 13.4. The Bertz CT molecular complexity index is 1220. The lowest BCUT2D eigenvalue weighted by Gasteiger charge is -2.25. The summed E-state index contributed by atoms with van der Waals surface area (Å²) < 4.78 is 44.0. The number of benzene rings is 3. The molecule has 0 bridgehead atoms. The Kier molecular flexibility index (Phi) is 8.01. The summed E-state index contributed by atoms with van der Waals surface area (Å²) in [5.41, 5.74) is 1.88. The van der Waals surface area contributed by atoms with Gasteiger partial charge in [-0.2, -0.15) is 0 Å². The van der Waals surface area contributed by atoms with Crippen LogP contribution in [-0.4, -0.2) is 42.2 Å². The first-order valence-electron chi connectivity index (χ1n) is 10.5. The van der Waals surface area contributed by atoms with E-state index in [4.69, 9.17) is 14.2 Å². The summed E-state index contributed by atoms with van der Waals surface area (Å²) in [4.78, 5) is 13.0. The van der Waals surface area contributed by atoms with Crippen LogP contribution in [0, 0.1) is 6.92 Å². The minimum atomic E-state index is -3.97. The number of nitrogens with one attached hydrogen (secondary N) is 1. The molecule has 3 aromatic carbocycles. The number of carbonyl (C=O) groups excluding carboxylic acids is 1. The van der Waals surface area contributed by atoms with Gasteiger partial charge in [-0.05, 0) is 48.4 Å². The predicted octanol–water partition coefficient (Wildman–Crippen LogP) is 3.53. The maximum Gasteiger partial charge on any atom is 0.264 e. The van der Waals surface area contributed by atoms with E-state index < -0.39 is 15.9 Å². The fourth-order valence-corrected chi connectivity index (χ4v) is 4.99. The standard InChI is InChI=1S/C25H28N2O6S/c1-18-10-8-9-13-21(18)27(34(29,30)20-11-6-5-7-12-20)17-24(28)26-16-19-14-22(31-2)25(33-4)23(15-19)32-3/h5-15H,16-17H2,1-4H3,(H,26,28). The van der Waals surface area contributed by atoms with Crippen molar-refractivity contribution >= 4 is 21.6 Å². The second kappa shape index (κ2) is 10.9. The number of sulfonamides is 1. The molecule has 0 aliphatic carbocycles. The third kappa shape index (κ3) is 5.43. The zero-order valence-corrected chi connectivity index (χ0v) is 20.4. The summed E-state index contributed by atoms with van der Waals surface area (Å²) in [6.45, 7) is 1.56. The number of hydrogen-bond donors (Lipinski definition) is 1. The Morgan fingerprint density at radius 3 is 2.03 bits per heavy atom. The molecule has 9 heteroatoms. The molecule has 0 saturated heterocycles. The topological polar surface area (TPSA) is 94.2 Å². The Morgan fingerprint density at radius 1 is 0.882 bits per heavy atom. The number of ether oxygens (including phenoxy) is 3. The van der Waals surface area contributed by atoms with Gasteiger partial charge in [-0.1, -0.05) is 36.4 Å². The van der Waals surface area contributed by atoms with Gasteiger partial charge in [0.1, 0.15) is 6.54 Å². The number of para-hydroxylation sites is 1. The van der Waals surface area contributed by atoms with Crippen molar-refractivity contribution in [3.63, 3.8) is 0 Å².